The molecule has 0 radical (unpaired) electrons. The number of likely N-dealkylation sites (tertiary alicyclic amines) is 1. The van der Waals surface area contributed by atoms with E-state index in [1.807, 2.05) is 68.5 Å². The van der Waals surface area contributed by atoms with E-state index in [2.05, 4.69) is 15.2 Å². The predicted molar refractivity (Wildman–Crippen MR) is 172 cm³/mol. The summed E-state index contributed by atoms with van der Waals surface area (Å²) in [4.78, 5) is 36.7. The summed E-state index contributed by atoms with van der Waals surface area (Å²) >= 11 is 12.8. The number of carbonyl (C=O) groups is 2. The summed E-state index contributed by atoms with van der Waals surface area (Å²) in [7, 11) is 5.64. The Bertz CT molecular complexity index is 1400. The molecule has 0 aliphatic carbocycles. The van der Waals surface area contributed by atoms with Crippen LogP contribution >= 0.6 is 23.2 Å². The number of nitrogens with zero attached hydrogens (tertiary/aromatic N) is 3. The topological polar surface area (TPSA) is 71.7 Å². The number of hydrogen-bond acceptors (Lipinski definition) is 4. The molecule has 9 heteroatoms. The van der Waals surface area contributed by atoms with Gasteiger partial charge in [-0.3, -0.25) is 14.5 Å². The molecule has 226 valence electrons. The monoisotopic (exact) mass is 611 g/mol. The molecule has 2 atom stereocenters. The van der Waals surface area contributed by atoms with Crippen molar-refractivity contribution in [2.75, 3.05) is 47.3 Å². The Morgan fingerprint density at radius 3 is 2.55 bits per heavy atom. The van der Waals surface area contributed by atoms with Crippen LogP contribution in [-0.2, 0) is 4.79 Å². The lowest BCUT2D eigenvalue weighted by Gasteiger charge is -2.51. The van der Waals surface area contributed by atoms with Crippen LogP contribution in [0.5, 0.6) is 0 Å². The fourth-order valence-electron chi connectivity index (χ4n) is 7.14. The van der Waals surface area contributed by atoms with Crippen LogP contribution in [0, 0.1) is 0 Å². The summed E-state index contributed by atoms with van der Waals surface area (Å²) in [6.07, 6.45) is 8.64. The van der Waals surface area contributed by atoms with E-state index in [4.69, 9.17) is 23.2 Å². The molecule has 2 fully saturated rings. The number of likely N-dealkylation sites (N-methyl/N-ethyl adjacent to an activating group) is 2. The molecule has 2 aromatic carbocycles. The number of halogens is 2. The van der Waals surface area contributed by atoms with Crippen LogP contribution in [0.1, 0.15) is 66.8 Å². The number of hydrogen-bond donors (Lipinski definition) is 2. The lowest BCUT2D eigenvalue weighted by molar-refractivity contribution is -0.148. The zero-order valence-electron chi connectivity index (χ0n) is 25.0. The van der Waals surface area contributed by atoms with Crippen molar-refractivity contribution in [1.82, 2.24) is 25.0 Å². The molecule has 2 amide bonds. The number of para-hydroxylation sites is 1. The minimum Gasteiger partial charge on any atom is -0.360 e. The zero-order valence-corrected chi connectivity index (χ0v) is 26.5. The van der Waals surface area contributed by atoms with Crippen molar-refractivity contribution in [1.29, 1.82) is 0 Å². The van der Waals surface area contributed by atoms with Gasteiger partial charge in [0.05, 0.1) is 15.6 Å². The normalized spacial score (nSPS) is 19.9. The Labute approximate surface area is 259 Å². The maximum atomic E-state index is 13.7. The van der Waals surface area contributed by atoms with Crippen molar-refractivity contribution >= 4 is 45.9 Å². The third-order valence-electron chi connectivity index (χ3n) is 9.34. The Hall–Kier alpha value is -2.58. The van der Waals surface area contributed by atoms with Gasteiger partial charge in [-0.1, -0.05) is 53.9 Å². The number of benzene rings is 2. The average Bonchev–Trinajstić information content (AvgIpc) is 3.44. The van der Waals surface area contributed by atoms with E-state index in [1.165, 1.54) is 6.42 Å². The second-order valence-corrected chi connectivity index (χ2v) is 13.0. The van der Waals surface area contributed by atoms with E-state index in [9.17, 15) is 9.59 Å². The van der Waals surface area contributed by atoms with E-state index in [0.29, 0.717) is 28.2 Å². The van der Waals surface area contributed by atoms with Crippen molar-refractivity contribution in [2.45, 2.75) is 62.4 Å². The molecule has 1 aromatic heterocycles. The average molecular weight is 613 g/mol. The number of carbonyl (C=O) groups excluding carboxylic acids is 2. The van der Waals surface area contributed by atoms with Crippen molar-refractivity contribution in [3.05, 3.63) is 69.8 Å². The number of H-pyrrole nitrogens is 1. The lowest BCUT2D eigenvalue weighted by Crippen LogP contribution is -2.66. The molecule has 5 rings (SSSR count). The highest BCUT2D eigenvalue weighted by Gasteiger charge is 2.48. The molecule has 2 N–H and O–H groups in total. The van der Waals surface area contributed by atoms with Gasteiger partial charge in [0, 0.05) is 56.7 Å². The third kappa shape index (κ3) is 6.35. The number of fused-ring (bicyclic) bond motifs is 1. The van der Waals surface area contributed by atoms with Crippen molar-refractivity contribution in [3.63, 3.8) is 0 Å². The quantitative estimate of drug-likeness (QED) is 0.303. The van der Waals surface area contributed by atoms with Crippen molar-refractivity contribution in [3.8, 4) is 0 Å². The molecule has 3 aromatic rings. The number of aromatic nitrogens is 1. The molecular weight excluding hydrogens is 569 g/mol. The second kappa shape index (κ2) is 13.4. The summed E-state index contributed by atoms with van der Waals surface area (Å²) in [5.41, 5.74) is 2.24. The van der Waals surface area contributed by atoms with Gasteiger partial charge in [-0.25, -0.2) is 0 Å². The van der Waals surface area contributed by atoms with Gasteiger partial charge in [0.1, 0.15) is 5.54 Å². The van der Waals surface area contributed by atoms with Crippen LogP contribution in [0.25, 0.3) is 10.9 Å². The minimum absolute atomic E-state index is 0.0120. The first-order chi connectivity index (χ1) is 20.2. The number of rotatable bonds is 9. The van der Waals surface area contributed by atoms with Crippen LogP contribution < -0.4 is 5.32 Å². The highest BCUT2D eigenvalue weighted by atomic mass is 35.5. The number of aromatic amines is 1. The molecule has 2 unspecified atom stereocenters. The Morgan fingerprint density at radius 1 is 1.05 bits per heavy atom. The first-order valence-corrected chi connectivity index (χ1v) is 15.9. The van der Waals surface area contributed by atoms with Gasteiger partial charge in [0.2, 0.25) is 5.91 Å². The Balaban J connectivity index is 1.38. The molecule has 2 aliphatic rings. The highest BCUT2D eigenvalue weighted by molar-refractivity contribution is 6.42. The van der Waals surface area contributed by atoms with Crippen LogP contribution in [0.2, 0.25) is 10.0 Å². The second-order valence-electron chi connectivity index (χ2n) is 12.2. The van der Waals surface area contributed by atoms with E-state index in [-0.39, 0.29) is 17.7 Å². The molecular formula is C33H43Cl2N5O2. The van der Waals surface area contributed by atoms with Crippen molar-refractivity contribution < 1.29 is 9.59 Å². The van der Waals surface area contributed by atoms with Gasteiger partial charge in [-0.15, -0.1) is 0 Å². The van der Waals surface area contributed by atoms with Gasteiger partial charge in [0.25, 0.3) is 5.91 Å². The molecule has 42 heavy (non-hydrogen) atoms. The number of amides is 2. The lowest BCUT2D eigenvalue weighted by atomic mass is 9.80. The molecule has 7 nitrogen and oxygen atoms in total. The fraction of sp³-hybridized carbons (Fsp3) is 0.515. The largest absolute Gasteiger partial charge is 0.360 e. The number of piperidine rings is 2. The van der Waals surface area contributed by atoms with Gasteiger partial charge < -0.3 is 20.1 Å². The summed E-state index contributed by atoms with van der Waals surface area (Å²) in [6.45, 7) is 3.21. The number of nitrogens with one attached hydrogen (secondary N) is 2. The first-order valence-electron chi connectivity index (χ1n) is 15.2. The molecule has 2 saturated heterocycles. The maximum Gasteiger partial charge on any atom is 0.255 e. The first kappa shape index (κ1) is 30.9. The van der Waals surface area contributed by atoms with Gasteiger partial charge >= 0.3 is 0 Å². The van der Waals surface area contributed by atoms with Crippen LogP contribution in [0.4, 0.5) is 0 Å². The Kier molecular flexibility index (Phi) is 9.83. The van der Waals surface area contributed by atoms with Crippen molar-refractivity contribution in [2.24, 2.45) is 0 Å². The zero-order chi connectivity index (χ0) is 29.9. The molecule has 0 bridgehead atoms. The third-order valence-corrected chi connectivity index (χ3v) is 10.1. The SMILES string of the molecule is CN(C)C(=O)C1(N2CCCCC2CCC(CN(C)C(=O)c2c[nH]c3ccccc23)c2ccc(Cl)c(Cl)c2)CCNCC1. The molecule has 0 saturated carbocycles. The summed E-state index contributed by atoms with van der Waals surface area (Å²) in [6, 6.07) is 14.0. The van der Waals surface area contributed by atoms with E-state index in [0.717, 1.165) is 74.6 Å². The van der Waals surface area contributed by atoms with Crippen LogP contribution in [-0.4, -0.2) is 90.4 Å². The predicted octanol–water partition coefficient (Wildman–Crippen LogP) is 6.18. The van der Waals surface area contributed by atoms with Gasteiger partial charge in [-0.2, -0.15) is 0 Å². The van der Waals surface area contributed by atoms with E-state index < -0.39 is 5.54 Å². The standard InChI is InChI=1S/C33H43Cl2N5O2/c1-38(2)32(42)33(15-17-36-18-16-33)40-19-7-6-8-25(40)13-11-24(23-12-14-28(34)29(35)20-23)22-39(3)31(41)27-21-37-30-10-5-4-9-26(27)30/h4-5,9-10,12,14,20-21,24-25,36-37H,6-8,11,13,15-19,22H2,1-3H3. The molecule has 2 aliphatic heterocycles. The van der Waals surface area contributed by atoms with E-state index >= 15 is 0 Å². The fourth-order valence-corrected chi connectivity index (χ4v) is 7.44. The van der Waals surface area contributed by atoms with Crippen LogP contribution in [0.3, 0.4) is 0 Å². The van der Waals surface area contributed by atoms with Gasteiger partial charge in [-0.05, 0) is 81.9 Å². The minimum atomic E-state index is -0.457. The van der Waals surface area contributed by atoms with Crippen LogP contribution in [0.15, 0.2) is 48.7 Å². The Morgan fingerprint density at radius 2 is 1.81 bits per heavy atom. The molecule has 0 spiro atoms. The highest BCUT2D eigenvalue weighted by Crippen LogP contribution is 2.38. The summed E-state index contributed by atoms with van der Waals surface area (Å²) in [5.74, 6) is 0.277. The van der Waals surface area contributed by atoms with Gasteiger partial charge in [0.15, 0.2) is 0 Å². The summed E-state index contributed by atoms with van der Waals surface area (Å²) in [5, 5.41) is 5.44. The summed E-state index contributed by atoms with van der Waals surface area (Å²) < 4.78 is 0. The van der Waals surface area contributed by atoms with E-state index in [1.54, 1.807) is 11.1 Å². The maximum absolute atomic E-state index is 13.7. The smallest absolute Gasteiger partial charge is 0.255 e. The molecule has 3 heterocycles.